The van der Waals surface area contributed by atoms with E-state index in [0.29, 0.717) is 17.2 Å². The Bertz CT molecular complexity index is 999. The third kappa shape index (κ3) is 3.73. The normalized spacial score (nSPS) is 12.1. The predicted octanol–water partition coefficient (Wildman–Crippen LogP) is 4.99. The monoisotopic (exact) mass is 368 g/mol. The van der Waals surface area contributed by atoms with Crippen LogP contribution in [-0.2, 0) is 6.54 Å². The topological polar surface area (TPSA) is 43.6 Å². The molecule has 0 radical (unpaired) electrons. The Kier molecular flexibility index (Phi) is 5.57. The zero-order valence-electron chi connectivity index (χ0n) is 15.7. The first-order valence-corrected chi connectivity index (χ1v) is 9.71. The van der Waals surface area contributed by atoms with Gasteiger partial charge in [0.15, 0.2) is 4.80 Å². The number of ether oxygens (including phenoxy) is 1. The van der Waals surface area contributed by atoms with E-state index in [1.54, 1.807) is 30.6 Å². The van der Waals surface area contributed by atoms with Gasteiger partial charge in [-0.15, -0.1) is 0 Å². The number of methoxy groups -OCH3 is 1. The van der Waals surface area contributed by atoms with E-state index < -0.39 is 0 Å². The maximum absolute atomic E-state index is 12.7. The molecule has 0 aliphatic rings. The SMILES string of the molecule is CCCn1c(=NC(=O)c2cccc(OC)c2)sc2cc(C(C)C)ccc21. The molecule has 0 aliphatic carbocycles. The highest BCUT2D eigenvalue weighted by molar-refractivity contribution is 7.16. The molecule has 0 N–H and O–H groups in total. The lowest BCUT2D eigenvalue weighted by Gasteiger charge is -2.06. The Labute approximate surface area is 157 Å². The number of thiazole rings is 1. The van der Waals surface area contributed by atoms with Gasteiger partial charge in [-0.1, -0.05) is 44.2 Å². The number of hydrogen-bond donors (Lipinski definition) is 0. The molecule has 0 atom stereocenters. The van der Waals surface area contributed by atoms with Gasteiger partial charge in [0.25, 0.3) is 5.91 Å². The molecule has 0 saturated heterocycles. The summed E-state index contributed by atoms with van der Waals surface area (Å²) >= 11 is 1.57. The maximum Gasteiger partial charge on any atom is 0.279 e. The van der Waals surface area contributed by atoms with Crippen molar-refractivity contribution < 1.29 is 9.53 Å². The first-order valence-electron chi connectivity index (χ1n) is 8.90. The summed E-state index contributed by atoms with van der Waals surface area (Å²) in [6.45, 7) is 7.34. The molecule has 0 fully saturated rings. The molecule has 4 nitrogen and oxygen atoms in total. The molecule has 1 heterocycles. The maximum atomic E-state index is 12.7. The molecule has 1 aromatic heterocycles. The first kappa shape index (κ1) is 18.4. The zero-order valence-corrected chi connectivity index (χ0v) is 16.5. The minimum Gasteiger partial charge on any atom is -0.497 e. The number of aromatic nitrogens is 1. The Morgan fingerprint density at radius 2 is 2.04 bits per heavy atom. The lowest BCUT2D eigenvalue weighted by molar-refractivity contribution is 0.0997. The summed E-state index contributed by atoms with van der Waals surface area (Å²) in [7, 11) is 1.59. The van der Waals surface area contributed by atoms with E-state index >= 15 is 0 Å². The summed E-state index contributed by atoms with van der Waals surface area (Å²) < 4.78 is 8.51. The summed E-state index contributed by atoms with van der Waals surface area (Å²) in [5.74, 6) is 0.884. The lowest BCUT2D eigenvalue weighted by Crippen LogP contribution is -2.16. The third-order valence-electron chi connectivity index (χ3n) is 4.33. The summed E-state index contributed by atoms with van der Waals surface area (Å²) in [6.07, 6.45) is 0.984. The zero-order chi connectivity index (χ0) is 18.7. The summed E-state index contributed by atoms with van der Waals surface area (Å²) in [5.41, 5.74) is 2.97. The summed E-state index contributed by atoms with van der Waals surface area (Å²) in [4.78, 5) is 17.8. The second kappa shape index (κ2) is 7.87. The van der Waals surface area contributed by atoms with Gasteiger partial charge in [0.1, 0.15) is 5.75 Å². The van der Waals surface area contributed by atoms with Crippen molar-refractivity contribution in [3.8, 4) is 5.75 Å². The third-order valence-corrected chi connectivity index (χ3v) is 5.38. The van der Waals surface area contributed by atoms with Crippen molar-refractivity contribution in [2.75, 3.05) is 7.11 Å². The van der Waals surface area contributed by atoms with E-state index in [9.17, 15) is 4.79 Å². The number of rotatable bonds is 5. The van der Waals surface area contributed by atoms with Gasteiger partial charge in [-0.3, -0.25) is 4.79 Å². The Hall–Kier alpha value is -2.40. The molecule has 1 amide bonds. The van der Waals surface area contributed by atoms with Crippen LogP contribution in [0.2, 0.25) is 0 Å². The van der Waals surface area contributed by atoms with Crippen LogP contribution in [-0.4, -0.2) is 17.6 Å². The Morgan fingerprint density at radius 1 is 1.23 bits per heavy atom. The van der Waals surface area contributed by atoms with Gasteiger partial charge in [0.2, 0.25) is 0 Å². The highest BCUT2D eigenvalue weighted by Crippen LogP contribution is 2.24. The molecule has 5 heteroatoms. The molecule has 3 rings (SSSR count). The van der Waals surface area contributed by atoms with Crippen LogP contribution in [0, 0.1) is 0 Å². The van der Waals surface area contributed by atoms with Crippen molar-refractivity contribution in [1.29, 1.82) is 0 Å². The van der Waals surface area contributed by atoms with E-state index in [4.69, 9.17) is 4.74 Å². The molecule has 0 unspecified atom stereocenters. The van der Waals surface area contributed by atoms with Gasteiger partial charge in [0, 0.05) is 12.1 Å². The highest BCUT2D eigenvalue weighted by Gasteiger charge is 2.11. The molecule has 136 valence electrons. The molecule has 0 aliphatic heterocycles. The standard InChI is InChI=1S/C21H24N2O2S/c1-5-11-23-18-10-9-15(14(2)3)13-19(18)26-21(23)22-20(24)16-7-6-8-17(12-16)25-4/h6-10,12-14H,5,11H2,1-4H3. The van der Waals surface area contributed by atoms with E-state index in [1.807, 2.05) is 12.1 Å². The number of amides is 1. The van der Waals surface area contributed by atoms with Crippen LogP contribution < -0.4 is 9.54 Å². The number of carbonyl (C=O) groups is 1. The number of fused-ring (bicyclic) bond motifs is 1. The van der Waals surface area contributed by atoms with Crippen LogP contribution in [0.1, 0.15) is 49.0 Å². The summed E-state index contributed by atoms with van der Waals surface area (Å²) in [5, 5.41) is 0. The number of aryl methyl sites for hydroxylation is 1. The first-order chi connectivity index (χ1) is 12.5. The van der Waals surface area contributed by atoms with Crippen molar-refractivity contribution >= 4 is 27.5 Å². The van der Waals surface area contributed by atoms with Crippen molar-refractivity contribution in [3.05, 3.63) is 58.4 Å². The van der Waals surface area contributed by atoms with Crippen LogP contribution in [0.25, 0.3) is 10.2 Å². The van der Waals surface area contributed by atoms with E-state index in [0.717, 1.165) is 23.3 Å². The Balaban J connectivity index is 2.11. The van der Waals surface area contributed by atoms with E-state index in [-0.39, 0.29) is 5.91 Å². The Morgan fingerprint density at radius 3 is 2.73 bits per heavy atom. The van der Waals surface area contributed by atoms with Gasteiger partial charge in [-0.2, -0.15) is 4.99 Å². The minimum absolute atomic E-state index is 0.246. The number of nitrogens with zero attached hydrogens (tertiary/aromatic N) is 2. The van der Waals surface area contributed by atoms with Crippen LogP contribution in [0.5, 0.6) is 5.75 Å². The number of hydrogen-bond acceptors (Lipinski definition) is 3. The molecular weight excluding hydrogens is 344 g/mol. The van der Waals surface area contributed by atoms with Gasteiger partial charge in [0.05, 0.1) is 17.3 Å². The quantitative estimate of drug-likeness (QED) is 0.637. The fourth-order valence-electron chi connectivity index (χ4n) is 2.88. The molecule has 0 bridgehead atoms. The fraction of sp³-hybridized carbons (Fsp3) is 0.333. The molecule has 0 saturated carbocycles. The fourth-order valence-corrected chi connectivity index (χ4v) is 3.98. The van der Waals surface area contributed by atoms with Crippen molar-refractivity contribution in [3.63, 3.8) is 0 Å². The van der Waals surface area contributed by atoms with Crippen LogP contribution >= 0.6 is 11.3 Å². The van der Waals surface area contributed by atoms with E-state index in [1.165, 1.54) is 10.3 Å². The molecule has 0 spiro atoms. The second-order valence-electron chi connectivity index (χ2n) is 6.57. The molecular formula is C21H24N2O2S. The smallest absolute Gasteiger partial charge is 0.279 e. The lowest BCUT2D eigenvalue weighted by atomic mass is 10.0. The van der Waals surface area contributed by atoms with E-state index in [2.05, 4.69) is 48.5 Å². The van der Waals surface area contributed by atoms with Crippen LogP contribution in [0.3, 0.4) is 0 Å². The van der Waals surface area contributed by atoms with Gasteiger partial charge >= 0.3 is 0 Å². The van der Waals surface area contributed by atoms with Crippen molar-refractivity contribution in [2.45, 2.75) is 39.7 Å². The minimum atomic E-state index is -0.246. The van der Waals surface area contributed by atoms with Crippen LogP contribution in [0.15, 0.2) is 47.5 Å². The number of carbonyl (C=O) groups excluding carboxylic acids is 1. The number of benzene rings is 2. The molecule has 3 aromatic rings. The molecule has 26 heavy (non-hydrogen) atoms. The average Bonchev–Trinajstić information content (AvgIpc) is 2.98. The summed E-state index contributed by atoms with van der Waals surface area (Å²) in [6, 6.07) is 13.6. The van der Waals surface area contributed by atoms with Crippen molar-refractivity contribution in [2.24, 2.45) is 4.99 Å². The van der Waals surface area contributed by atoms with Crippen LogP contribution in [0.4, 0.5) is 0 Å². The van der Waals surface area contributed by atoms with Gasteiger partial charge < -0.3 is 9.30 Å². The van der Waals surface area contributed by atoms with Gasteiger partial charge in [-0.05, 0) is 48.2 Å². The predicted molar refractivity (Wildman–Crippen MR) is 107 cm³/mol. The highest BCUT2D eigenvalue weighted by atomic mass is 32.1. The van der Waals surface area contributed by atoms with Crippen molar-refractivity contribution in [1.82, 2.24) is 4.57 Å². The largest absolute Gasteiger partial charge is 0.497 e. The molecule has 2 aromatic carbocycles. The average molecular weight is 369 g/mol. The van der Waals surface area contributed by atoms with Gasteiger partial charge in [-0.25, -0.2) is 0 Å². The second-order valence-corrected chi connectivity index (χ2v) is 7.58.